The fourth-order valence-electron chi connectivity index (χ4n) is 6.85. The van der Waals surface area contributed by atoms with Crippen molar-refractivity contribution in [3.05, 3.63) is 161 Å². The molecular formula is C44H49N3O8S. The van der Waals surface area contributed by atoms with Crippen LogP contribution in [-0.2, 0) is 37.3 Å². The Bertz CT molecular complexity index is 2170. The average molecular weight is 780 g/mol. The number of aryl methyl sites for hydroxylation is 1. The fraction of sp³-hybridized carbons (Fsp3) is 0.295. The van der Waals surface area contributed by atoms with Crippen LogP contribution in [0.1, 0.15) is 58.8 Å². The van der Waals surface area contributed by atoms with Crippen LogP contribution in [0.4, 0.5) is 5.69 Å². The third-order valence-corrected chi connectivity index (χ3v) is 11.5. The minimum Gasteiger partial charge on any atom is -0.508 e. The van der Waals surface area contributed by atoms with E-state index in [1.807, 2.05) is 86.5 Å². The molecule has 0 spiro atoms. The molecule has 6 unspecified atom stereocenters. The summed E-state index contributed by atoms with van der Waals surface area (Å²) < 4.78 is 42.8. The SMILES string of the molecule is Cc1ccc(S(=O)(=O)NC(Cc2ccccc2)C(=O)Nc2cccc(C3OC(CN(C)CC(O)c4cccc(O)c4)C(C)C(c4ccc(CO)cc4)O3)c2)cc1. The third-order valence-electron chi connectivity index (χ3n) is 10.0. The van der Waals surface area contributed by atoms with Crippen LogP contribution in [0.5, 0.6) is 5.75 Å². The van der Waals surface area contributed by atoms with E-state index >= 15 is 0 Å². The number of phenolic OH excluding ortho intramolecular Hbond substituents is 1. The molecular weight excluding hydrogens is 731 g/mol. The Hall–Kier alpha value is -4.92. The minimum absolute atomic E-state index is 0.0615. The lowest BCUT2D eigenvalue weighted by atomic mass is 9.90. The van der Waals surface area contributed by atoms with Gasteiger partial charge in [0.1, 0.15) is 11.8 Å². The Balaban J connectivity index is 1.23. The number of hydrogen-bond donors (Lipinski definition) is 5. The summed E-state index contributed by atoms with van der Waals surface area (Å²) in [6.45, 7) is 4.57. The first-order valence-electron chi connectivity index (χ1n) is 18.6. The maximum absolute atomic E-state index is 13.9. The molecule has 1 aliphatic heterocycles. The van der Waals surface area contributed by atoms with Gasteiger partial charge < -0.3 is 35.0 Å². The average Bonchev–Trinajstić information content (AvgIpc) is 3.19. The first kappa shape index (κ1) is 40.7. The van der Waals surface area contributed by atoms with Crippen molar-refractivity contribution >= 4 is 21.6 Å². The number of aliphatic hydroxyl groups excluding tert-OH is 2. The number of phenols is 1. The highest BCUT2D eigenvalue weighted by Crippen LogP contribution is 2.42. The van der Waals surface area contributed by atoms with Gasteiger partial charge in [0, 0.05) is 30.3 Å². The van der Waals surface area contributed by atoms with Gasteiger partial charge in [-0.1, -0.05) is 103 Å². The van der Waals surface area contributed by atoms with Crippen LogP contribution < -0.4 is 10.0 Å². The van der Waals surface area contributed by atoms with Gasteiger partial charge in [0.25, 0.3) is 0 Å². The second kappa shape index (κ2) is 18.4. The lowest BCUT2D eigenvalue weighted by Crippen LogP contribution is -2.45. The Kier molecular flexibility index (Phi) is 13.3. The molecule has 0 aliphatic carbocycles. The molecule has 1 aliphatic rings. The smallest absolute Gasteiger partial charge is 0.242 e. The van der Waals surface area contributed by atoms with Gasteiger partial charge in [-0.3, -0.25) is 4.79 Å². The molecule has 294 valence electrons. The second-order valence-corrected chi connectivity index (χ2v) is 16.2. The maximum atomic E-state index is 13.9. The summed E-state index contributed by atoms with van der Waals surface area (Å²) in [6.07, 6.45) is -2.33. The number of anilines is 1. The molecule has 5 aromatic carbocycles. The minimum atomic E-state index is -4.04. The Morgan fingerprint density at radius 1 is 0.839 bits per heavy atom. The molecule has 5 N–H and O–H groups in total. The Morgan fingerprint density at radius 2 is 1.55 bits per heavy atom. The molecule has 12 heteroatoms. The largest absolute Gasteiger partial charge is 0.508 e. The van der Waals surface area contributed by atoms with Crippen LogP contribution in [0.2, 0.25) is 0 Å². The van der Waals surface area contributed by atoms with Crippen LogP contribution in [-0.4, -0.2) is 66.8 Å². The van der Waals surface area contributed by atoms with Crippen molar-refractivity contribution in [1.82, 2.24) is 9.62 Å². The normalized spacial score (nSPS) is 19.7. The molecule has 0 saturated carbocycles. The lowest BCUT2D eigenvalue weighted by molar-refractivity contribution is -0.276. The quantitative estimate of drug-likeness (QED) is 0.0838. The van der Waals surface area contributed by atoms with Gasteiger partial charge in [0.2, 0.25) is 15.9 Å². The number of carbonyl (C=O) groups excluding carboxylic acids is 1. The van der Waals surface area contributed by atoms with Crippen LogP contribution in [0.25, 0.3) is 0 Å². The fourth-order valence-corrected chi connectivity index (χ4v) is 8.04. The van der Waals surface area contributed by atoms with Crippen LogP contribution in [0.15, 0.2) is 132 Å². The lowest BCUT2D eigenvalue weighted by Gasteiger charge is -2.42. The molecule has 6 rings (SSSR count). The predicted molar refractivity (Wildman–Crippen MR) is 214 cm³/mol. The number of ether oxygens (including phenoxy) is 2. The first-order valence-corrected chi connectivity index (χ1v) is 20.1. The van der Waals surface area contributed by atoms with Crippen molar-refractivity contribution in [1.29, 1.82) is 0 Å². The van der Waals surface area contributed by atoms with Crippen molar-refractivity contribution in [2.24, 2.45) is 5.92 Å². The van der Waals surface area contributed by atoms with E-state index < -0.39 is 40.5 Å². The summed E-state index contributed by atoms with van der Waals surface area (Å²) in [6, 6.07) is 35.8. The van der Waals surface area contributed by atoms with E-state index in [-0.39, 0.29) is 42.2 Å². The molecule has 0 bridgehead atoms. The highest BCUT2D eigenvalue weighted by molar-refractivity contribution is 7.89. The number of likely N-dealkylation sites (N-methyl/N-ethyl adjacent to an activating group) is 1. The first-order chi connectivity index (χ1) is 26.9. The van der Waals surface area contributed by atoms with Gasteiger partial charge in [-0.2, -0.15) is 4.72 Å². The maximum Gasteiger partial charge on any atom is 0.242 e. The van der Waals surface area contributed by atoms with Crippen molar-refractivity contribution in [2.75, 3.05) is 25.5 Å². The van der Waals surface area contributed by atoms with E-state index in [1.165, 1.54) is 12.1 Å². The Labute approximate surface area is 328 Å². The monoisotopic (exact) mass is 779 g/mol. The number of nitrogens with one attached hydrogen (secondary N) is 2. The van der Waals surface area contributed by atoms with Crippen molar-refractivity contribution in [2.45, 2.75) is 62.4 Å². The molecule has 11 nitrogen and oxygen atoms in total. The van der Waals surface area contributed by atoms with Gasteiger partial charge >= 0.3 is 0 Å². The highest BCUT2D eigenvalue weighted by Gasteiger charge is 2.39. The molecule has 56 heavy (non-hydrogen) atoms. The molecule has 1 amide bonds. The van der Waals surface area contributed by atoms with Gasteiger partial charge in [-0.15, -0.1) is 0 Å². The van der Waals surface area contributed by atoms with Crippen molar-refractivity contribution in [3.63, 3.8) is 0 Å². The van der Waals surface area contributed by atoms with Crippen molar-refractivity contribution in [3.8, 4) is 5.75 Å². The second-order valence-electron chi connectivity index (χ2n) is 14.4. The Morgan fingerprint density at radius 3 is 2.25 bits per heavy atom. The zero-order chi connectivity index (χ0) is 39.8. The molecule has 1 heterocycles. The van der Waals surface area contributed by atoms with E-state index in [9.17, 15) is 28.5 Å². The number of hydrogen-bond acceptors (Lipinski definition) is 9. The predicted octanol–water partition coefficient (Wildman–Crippen LogP) is 6.18. The number of benzene rings is 5. The summed E-state index contributed by atoms with van der Waals surface area (Å²) in [5, 5.41) is 33.5. The molecule has 0 radical (unpaired) electrons. The van der Waals surface area contributed by atoms with Crippen LogP contribution >= 0.6 is 0 Å². The number of amides is 1. The van der Waals surface area contributed by atoms with Gasteiger partial charge in [0.05, 0.1) is 29.8 Å². The third kappa shape index (κ3) is 10.5. The van der Waals surface area contributed by atoms with Crippen LogP contribution in [0, 0.1) is 12.8 Å². The molecule has 1 saturated heterocycles. The molecule has 5 aromatic rings. The van der Waals surface area contributed by atoms with Crippen molar-refractivity contribution < 1.29 is 38.0 Å². The standard InChI is InChI=1S/C44H49N3O8S/c1-29-15-21-38(22-16-29)56(52,53)46-39(23-31-9-5-4-6-10-31)43(51)45-36-13-7-12-35(24-36)44-54-41(27-47(3)26-40(50)34-11-8-14-37(49)25-34)30(2)42(55-44)33-19-17-32(28-48)18-20-33/h4-22,24-25,30,39-42,44,46,48-50H,23,26-28H2,1-3H3,(H,45,51). The summed E-state index contributed by atoms with van der Waals surface area (Å²) in [7, 11) is -2.14. The van der Waals surface area contributed by atoms with E-state index in [2.05, 4.69) is 10.0 Å². The number of aromatic hydroxyl groups is 1. The number of carbonyl (C=O) groups is 1. The number of nitrogens with zero attached hydrogens (tertiary/aromatic N) is 1. The van der Waals surface area contributed by atoms with E-state index in [1.54, 1.807) is 54.6 Å². The van der Waals surface area contributed by atoms with E-state index in [0.29, 0.717) is 23.4 Å². The number of aliphatic hydroxyl groups is 2. The topological polar surface area (TPSA) is 158 Å². The summed E-state index contributed by atoms with van der Waals surface area (Å²) in [4.78, 5) is 16.0. The van der Waals surface area contributed by atoms with E-state index in [4.69, 9.17) is 9.47 Å². The number of sulfonamides is 1. The zero-order valence-corrected chi connectivity index (χ0v) is 32.5. The van der Waals surface area contributed by atoms with Gasteiger partial charge in [-0.25, -0.2) is 8.42 Å². The summed E-state index contributed by atoms with van der Waals surface area (Å²) >= 11 is 0. The van der Waals surface area contributed by atoms with Gasteiger partial charge in [-0.05, 0) is 79.0 Å². The molecule has 6 atom stereocenters. The zero-order valence-electron chi connectivity index (χ0n) is 31.7. The van der Waals surface area contributed by atoms with Crippen LogP contribution in [0.3, 0.4) is 0 Å². The highest BCUT2D eigenvalue weighted by atomic mass is 32.2. The molecule has 0 aromatic heterocycles. The van der Waals surface area contributed by atoms with Gasteiger partial charge in [0.15, 0.2) is 6.29 Å². The number of rotatable bonds is 15. The van der Waals surface area contributed by atoms with E-state index in [0.717, 1.165) is 22.3 Å². The summed E-state index contributed by atoms with van der Waals surface area (Å²) in [5.41, 5.74) is 5.05. The molecule has 1 fully saturated rings. The summed E-state index contributed by atoms with van der Waals surface area (Å²) in [5.74, 6) is -0.584.